The zero-order chi connectivity index (χ0) is 17.8. The van der Waals surface area contributed by atoms with Gasteiger partial charge in [0.05, 0.1) is 18.0 Å². The van der Waals surface area contributed by atoms with E-state index in [4.69, 9.17) is 11.6 Å². The molecule has 1 aromatic carbocycles. The van der Waals surface area contributed by atoms with E-state index in [1.807, 2.05) is 0 Å². The Bertz CT molecular complexity index is 954. The van der Waals surface area contributed by atoms with Crippen LogP contribution in [0.5, 0.6) is 0 Å². The van der Waals surface area contributed by atoms with Crippen LogP contribution >= 0.6 is 35.1 Å². The number of thioether (sulfide) groups is 2. The van der Waals surface area contributed by atoms with E-state index in [-0.39, 0.29) is 17.5 Å². The maximum Gasteiger partial charge on any atom is 0.334 e. The fourth-order valence-electron chi connectivity index (χ4n) is 2.17. The van der Waals surface area contributed by atoms with Crippen LogP contribution in [0.2, 0.25) is 5.02 Å². The highest BCUT2D eigenvalue weighted by Gasteiger charge is 2.14. The molecule has 1 aliphatic heterocycles. The Balaban J connectivity index is 1.86. The summed E-state index contributed by atoms with van der Waals surface area (Å²) in [5, 5.41) is 3.04. The minimum atomic E-state index is -0.659. The number of aromatic nitrogens is 2. The monoisotopic (exact) mass is 396 g/mol. The molecule has 10 heteroatoms. The number of anilines is 1. The van der Waals surface area contributed by atoms with Crippen LogP contribution in [0, 0.1) is 0 Å². The van der Waals surface area contributed by atoms with Crippen molar-refractivity contribution in [2.75, 3.05) is 23.4 Å². The van der Waals surface area contributed by atoms with E-state index in [0.717, 1.165) is 22.7 Å². The van der Waals surface area contributed by atoms with Gasteiger partial charge in [0.15, 0.2) is 0 Å². The van der Waals surface area contributed by atoms with Gasteiger partial charge in [0.1, 0.15) is 10.2 Å². The smallest absolute Gasteiger partial charge is 0.311 e. The summed E-state index contributed by atoms with van der Waals surface area (Å²) in [6.07, 6.45) is 0. The van der Waals surface area contributed by atoms with Gasteiger partial charge in [0.25, 0.3) is 5.56 Å². The van der Waals surface area contributed by atoms with Gasteiger partial charge in [0, 0.05) is 16.8 Å². The third kappa shape index (κ3) is 4.56. The Morgan fingerprint density at radius 3 is 2.96 bits per heavy atom. The van der Waals surface area contributed by atoms with Crippen molar-refractivity contribution >= 4 is 51.2 Å². The van der Waals surface area contributed by atoms with Crippen molar-refractivity contribution < 1.29 is 4.79 Å². The maximum absolute atomic E-state index is 12.2. The number of carbonyl (C=O) groups excluding carboxylic acids is 1. The largest absolute Gasteiger partial charge is 0.334 e. The Morgan fingerprint density at radius 2 is 2.24 bits per heavy atom. The molecule has 1 aliphatic rings. The summed E-state index contributed by atoms with van der Waals surface area (Å²) < 4.78 is 2.06. The Morgan fingerprint density at radius 1 is 1.40 bits per heavy atom. The highest BCUT2D eigenvalue weighted by atomic mass is 35.5. The molecule has 1 aromatic heterocycles. The standard InChI is InChI=1S/C15H13ClN4O3S2/c16-9-2-1-3-10(6-9)20-11(7-12(21)19-14(20)23)18-13(22)8-25-15-17-4-5-24-15/h1-3,6-7H,4-5,8H2,(H,18,22)(H,19,21,23). The van der Waals surface area contributed by atoms with E-state index in [1.54, 1.807) is 36.0 Å². The normalized spacial score (nSPS) is 13.6. The second kappa shape index (κ2) is 7.94. The molecule has 7 nitrogen and oxygen atoms in total. The van der Waals surface area contributed by atoms with Gasteiger partial charge in [-0.25, -0.2) is 9.36 Å². The third-order valence-electron chi connectivity index (χ3n) is 3.16. The van der Waals surface area contributed by atoms with Gasteiger partial charge in [-0.3, -0.25) is 19.6 Å². The molecular weight excluding hydrogens is 384 g/mol. The van der Waals surface area contributed by atoms with Crippen LogP contribution < -0.4 is 16.6 Å². The van der Waals surface area contributed by atoms with Crippen LogP contribution in [0.25, 0.3) is 5.69 Å². The second-order valence-corrected chi connectivity index (χ2v) is 7.71. The number of nitrogens with zero attached hydrogens (tertiary/aromatic N) is 2. The van der Waals surface area contributed by atoms with Crippen LogP contribution in [0.3, 0.4) is 0 Å². The number of benzene rings is 1. The van der Waals surface area contributed by atoms with E-state index in [0.29, 0.717) is 10.7 Å². The third-order valence-corrected chi connectivity index (χ3v) is 5.65. The second-order valence-electron chi connectivity index (χ2n) is 4.97. The van der Waals surface area contributed by atoms with E-state index in [1.165, 1.54) is 16.3 Å². The van der Waals surface area contributed by atoms with Crippen molar-refractivity contribution in [1.82, 2.24) is 9.55 Å². The van der Waals surface area contributed by atoms with Gasteiger partial charge in [0.2, 0.25) is 5.91 Å². The molecule has 0 aliphatic carbocycles. The molecule has 0 fully saturated rings. The molecule has 0 saturated heterocycles. The summed E-state index contributed by atoms with van der Waals surface area (Å²) in [7, 11) is 0. The predicted octanol–water partition coefficient (Wildman–Crippen LogP) is 1.95. The quantitative estimate of drug-likeness (QED) is 0.823. The lowest BCUT2D eigenvalue weighted by Gasteiger charge is -2.13. The molecule has 1 amide bonds. The Kier molecular flexibility index (Phi) is 5.67. The van der Waals surface area contributed by atoms with Gasteiger partial charge < -0.3 is 5.32 Å². The van der Waals surface area contributed by atoms with Crippen LogP contribution in [-0.2, 0) is 4.79 Å². The van der Waals surface area contributed by atoms with Crippen LogP contribution in [-0.4, -0.2) is 37.9 Å². The number of aliphatic imine (C=N–C) groups is 1. The molecule has 0 bridgehead atoms. The summed E-state index contributed by atoms with van der Waals surface area (Å²) in [5.41, 5.74) is -0.817. The molecule has 2 heterocycles. The molecular formula is C15H13ClN4O3S2. The fourth-order valence-corrected chi connectivity index (χ4v) is 4.16. The maximum atomic E-state index is 12.2. The molecule has 25 heavy (non-hydrogen) atoms. The fraction of sp³-hybridized carbons (Fsp3) is 0.200. The number of halogens is 1. The van der Waals surface area contributed by atoms with Crippen LogP contribution in [0.15, 0.2) is 44.9 Å². The number of hydrogen-bond donors (Lipinski definition) is 2. The number of hydrogen-bond acceptors (Lipinski definition) is 6. The minimum absolute atomic E-state index is 0.0858. The number of nitrogens with one attached hydrogen (secondary N) is 2. The molecule has 0 atom stereocenters. The SMILES string of the molecule is O=C(CSC1=NCCS1)Nc1cc(=O)[nH]c(=O)n1-c1cccc(Cl)c1. The lowest BCUT2D eigenvalue weighted by atomic mass is 10.3. The number of H-pyrrole nitrogens is 1. The molecule has 0 saturated carbocycles. The topological polar surface area (TPSA) is 96.3 Å². The summed E-state index contributed by atoms with van der Waals surface area (Å²) in [4.78, 5) is 42.5. The van der Waals surface area contributed by atoms with E-state index < -0.39 is 11.2 Å². The average molecular weight is 397 g/mol. The summed E-state index contributed by atoms with van der Waals surface area (Å²) in [6, 6.07) is 7.71. The van der Waals surface area contributed by atoms with Crippen molar-refractivity contribution in [3.8, 4) is 5.69 Å². The molecule has 3 rings (SSSR count). The number of carbonyl (C=O) groups is 1. The molecule has 130 valence electrons. The van der Waals surface area contributed by atoms with Crippen LogP contribution in [0.1, 0.15) is 0 Å². The molecule has 2 N–H and O–H groups in total. The van der Waals surface area contributed by atoms with Crippen molar-refractivity contribution in [3.63, 3.8) is 0 Å². The van der Waals surface area contributed by atoms with E-state index in [9.17, 15) is 14.4 Å². The van der Waals surface area contributed by atoms with Crippen molar-refractivity contribution in [2.24, 2.45) is 4.99 Å². The molecule has 0 radical (unpaired) electrons. The summed E-state index contributed by atoms with van der Waals surface area (Å²) in [6.45, 7) is 0.761. The van der Waals surface area contributed by atoms with Crippen LogP contribution in [0.4, 0.5) is 5.82 Å². The van der Waals surface area contributed by atoms with Crippen molar-refractivity contribution in [1.29, 1.82) is 0 Å². The summed E-state index contributed by atoms with van der Waals surface area (Å²) in [5.74, 6) is 0.818. The van der Waals surface area contributed by atoms with Gasteiger partial charge in [-0.15, -0.1) is 0 Å². The summed E-state index contributed by atoms with van der Waals surface area (Å²) >= 11 is 8.90. The number of amides is 1. The average Bonchev–Trinajstić information content (AvgIpc) is 3.06. The van der Waals surface area contributed by atoms with Gasteiger partial charge in [-0.05, 0) is 18.2 Å². The van der Waals surface area contributed by atoms with Crippen molar-refractivity contribution in [2.45, 2.75) is 0 Å². The first kappa shape index (κ1) is 17.8. The van der Waals surface area contributed by atoms with E-state index >= 15 is 0 Å². The predicted molar refractivity (Wildman–Crippen MR) is 104 cm³/mol. The lowest BCUT2D eigenvalue weighted by molar-refractivity contribution is -0.113. The first-order valence-corrected chi connectivity index (χ1v) is 9.60. The highest BCUT2D eigenvalue weighted by molar-refractivity contribution is 8.39. The van der Waals surface area contributed by atoms with Gasteiger partial charge in [-0.1, -0.05) is 41.2 Å². The molecule has 0 spiro atoms. The first-order chi connectivity index (χ1) is 12.0. The Hall–Kier alpha value is -1.97. The highest BCUT2D eigenvalue weighted by Crippen LogP contribution is 2.22. The van der Waals surface area contributed by atoms with Gasteiger partial charge in [-0.2, -0.15) is 0 Å². The zero-order valence-electron chi connectivity index (χ0n) is 12.8. The minimum Gasteiger partial charge on any atom is -0.311 e. The van der Waals surface area contributed by atoms with Crippen molar-refractivity contribution in [3.05, 3.63) is 56.2 Å². The van der Waals surface area contributed by atoms with Gasteiger partial charge >= 0.3 is 5.69 Å². The zero-order valence-corrected chi connectivity index (χ0v) is 15.2. The number of aromatic amines is 1. The molecule has 0 unspecified atom stereocenters. The Labute approximate surface area is 155 Å². The first-order valence-electron chi connectivity index (χ1n) is 7.25. The van der Waals surface area contributed by atoms with E-state index in [2.05, 4.69) is 15.3 Å². The number of rotatable bonds is 4. The molecule has 2 aromatic rings. The lowest BCUT2D eigenvalue weighted by Crippen LogP contribution is -2.32.